The van der Waals surface area contributed by atoms with Crippen LogP contribution in [-0.4, -0.2) is 19.2 Å². The summed E-state index contributed by atoms with van der Waals surface area (Å²) in [7, 11) is 0. The molecule has 17 heavy (non-hydrogen) atoms. The van der Waals surface area contributed by atoms with Crippen LogP contribution in [0.15, 0.2) is 18.2 Å². The summed E-state index contributed by atoms with van der Waals surface area (Å²) in [5, 5.41) is 0. The number of esters is 1. The molecule has 1 aromatic carbocycles. The van der Waals surface area contributed by atoms with Gasteiger partial charge >= 0.3 is 5.97 Å². The zero-order chi connectivity index (χ0) is 12.3. The van der Waals surface area contributed by atoms with Gasteiger partial charge in [0.25, 0.3) is 0 Å². The SMILES string of the molecule is CCOC(=O)Cc1ccc2c(c1)OCC(C)C2. The van der Waals surface area contributed by atoms with E-state index in [0.717, 1.165) is 24.3 Å². The zero-order valence-corrected chi connectivity index (χ0v) is 10.4. The van der Waals surface area contributed by atoms with E-state index in [1.54, 1.807) is 0 Å². The number of carbonyl (C=O) groups is 1. The minimum atomic E-state index is -0.184. The molecule has 0 saturated carbocycles. The minimum absolute atomic E-state index is 0.184. The van der Waals surface area contributed by atoms with E-state index in [1.807, 2.05) is 19.1 Å². The van der Waals surface area contributed by atoms with Crippen LogP contribution in [0.3, 0.4) is 0 Å². The van der Waals surface area contributed by atoms with Gasteiger partial charge in [-0.05, 0) is 36.5 Å². The first kappa shape index (κ1) is 12.0. The van der Waals surface area contributed by atoms with Gasteiger partial charge in [0.1, 0.15) is 5.75 Å². The molecule has 1 aliphatic heterocycles. The standard InChI is InChI=1S/C14H18O3/c1-3-16-14(15)8-11-4-5-12-6-10(2)9-17-13(12)7-11/h4-5,7,10H,3,6,8-9H2,1-2H3. The van der Waals surface area contributed by atoms with Crippen LogP contribution in [0.2, 0.25) is 0 Å². The molecule has 0 spiro atoms. The largest absolute Gasteiger partial charge is 0.493 e. The van der Waals surface area contributed by atoms with Gasteiger partial charge in [-0.3, -0.25) is 4.79 Å². The van der Waals surface area contributed by atoms with Crippen molar-refractivity contribution in [3.63, 3.8) is 0 Å². The van der Waals surface area contributed by atoms with Crippen LogP contribution < -0.4 is 4.74 Å². The fourth-order valence-corrected chi connectivity index (χ4v) is 2.06. The Balaban J connectivity index is 2.08. The lowest BCUT2D eigenvalue weighted by Crippen LogP contribution is -2.18. The van der Waals surface area contributed by atoms with Gasteiger partial charge in [0, 0.05) is 0 Å². The number of ether oxygens (including phenoxy) is 2. The zero-order valence-electron chi connectivity index (χ0n) is 10.4. The van der Waals surface area contributed by atoms with Gasteiger partial charge in [0.15, 0.2) is 0 Å². The molecular formula is C14H18O3. The lowest BCUT2D eigenvalue weighted by Gasteiger charge is -2.22. The summed E-state index contributed by atoms with van der Waals surface area (Å²) in [5.41, 5.74) is 2.19. The molecule has 1 aromatic rings. The van der Waals surface area contributed by atoms with Gasteiger partial charge in [-0.25, -0.2) is 0 Å². The highest BCUT2D eigenvalue weighted by Gasteiger charge is 2.17. The van der Waals surface area contributed by atoms with Gasteiger partial charge in [-0.15, -0.1) is 0 Å². The maximum Gasteiger partial charge on any atom is 0.310 e. The van der Waals surface area contributed by atoms with Crippen LogP contribution in [0.25, 0.3) is 0 Å². The van der Waals surface area contributed by atoms with Crippen molar-refractivity contribution in [2.45, 2.75) is 26.7 Å². The molecular weight excluding hydrogens is 216 g/mol. The van der Waals surface area contributed by atoms with E-state index < -0.39 is 0 Å². The highest BCUT2D eigenvalue weighted by Crippen LogP contribution is 2.28. The van der Waals surface area contributed by atoms with Crippen molar-refractivity contribution in [1.29, 1.82) is 0 Å². The molecule has 1 aliphatic rings. The van der Waals surface area contributed by atoms with E-state index in [2.05, 4.69) is 13.0 Å². The Bertz CT molecular complexity index is 412. The van der Waals surface area contributed by atoms with Crippen LogP contribution in [-0.2, 0) is 22.4 Å². The molecule has 0 N–H and O–H groups in total. The quantitative estimate of drug-likeness (QED) is 0.753. The number of hydrogen-bond acceptors (Lipinski definition) is 3. The molecule has 2 rings (SSSR count). The second-order valence-electron chi connectivity index (χ2n) is 4.54. The van der Waals surface area contributed by atoms with E-state index in [-0.39, 0.29) is 5.97 Å². The van der Waals surface area contributed by atoms with Crippen molar-refractivity contribution in [2.24, 2.45) is 5.92 Å². The fraction of sp³-hybridized carbons (Fsp3) is 0.500. The average Bonchev–Trinajstić information content (AvgIpc) is 2.29. The molecule has 0 aliphatic carbocycles. The lowest BCUT2D eigenvalue weighted by molar-refractivity contribution is -0.142. The smallest absolute Gasteiger partial charge is 0.310 e. The van der Waals surface area contributed by atoms with E-state index in [9.17, 15) is 4.79 Å². The molecule has 1 unspecified atom stereocenters. The van der Waals surface area contributed by atoms with Crippen LogP contribution >= 0.6 is 0 Å². The summed E-state index contributed by atoms with van der Waals surface area (Å²) in [5.74, 6) is 1.31. The Labute approximate surface area is 102 Å². The van der Waals surface area contributed by atoms with Crippen molar-refractivity contribution >= 4 is 5.97 Å². The Morgan fingerprint density at radius 3 is 3.12 bits per heavy atom. The number of hydrogen-bond donors (Lipinski definition) is 0. The van der Waals surface area contributed by atoms with Gasteiger partial charge < -0.3 is 9.47 Å². The monoisotopic (exact) mass is 234 g/mol. The van der Waals surface area contributed by atoms with Crippen molar-refractivity contribution in [3.8, 4) is 5.75 Å². The van der Waals surface area contributed by atoms with Crippen LogP contribution in [0.5, 0.6) is 5.75 Å². The van der Waals surface area contributed by atoms with E-state index >= 15 is 0 Å². The molecule has 0 fully saturated rings. The Morgan fingerprint density at radius 1 is 1.53 bits per heavy atom. The molecule has 0 bridgehead atoms. The number of carbonyl (C=O) groups excluding carboxylic acids is 1. The maximum atomic E-state index is 11.4. The molecule has 0 saturated heterocycles. The Morgan fingerprint density at radius 2 is 2.35 bits per heavy atom. The maximum absolute atomic E-state index is 11.4. The van der Waals surface area contributed by atoms with Crippen molar-refractivity contribution in [2.75, 3.05) is 13.2 Å². The van der Waals surface area contributed by atoms with E-state index in [4.69, 9.17) is 9.47 Å². The van der Waals surface area contributed by atoms with Crippen molar-refractivity contribution in [1.82, 2.24) is 0 Å². The van der Waals surface area contributed by atoms with Crippen LogP contribution in [0.1, 0.15) is 25.0 Å². The van der Waals surface area contributed by atoms with Gasteiger partial charge in [-0.2, -0.15) is 0 Å². The molecule has 0 aromatic heterocycles. The minimum Gasteiger partial charge on any atom is -0.493 e. The Hall–Kier alpha value is -1.51. The molecule has 1 atom stereocenters. The molecule has 0 radical (unpaired) electrons. The summed E-state index contributed by atoms with van der Waals surface area (Å²) in [6.45, 7) is 5.18. The van der Waals surface area contributed by atoms with E-state index in [0.29, 0.717) is 18.9 Å². The van der Waals surface area contributed by atoms with E-state index in [1.165, 1.54) is 5.56 Å². The molecule has 0 amide bonds. The topological polar surface area (TPSA) is 35.5 Å². The summed E-state index contributed by atoms with van der Waals surface area (Å²) in [6.07, 6.45) is 1.37. The summed E-state index contributed by atoms with van der Waals surface area (Å²) < 4.78 is 10.6. The predicted molar refractivity (Wildman–Crippen MR) is 65.1 cm³/mol. The second-order valence-corrected chi connectivity index (χ2v) is 4.54. The van der Waals surface area contributed by atoms with Crippen molar-refractivity contribution < 1.29 is 14.3 Å². The third-order valence-corrected chi connectivity index (χ3v) is 2.88. The summed E-state index contributed by atoms with van der Waals surface area (Å²) >= 11 is 0. The highest BCUT2D eigenvalue weighted by atomic mass is 16.5. The number of benzene rings is 1. The third kappa shape index (κ3) is 2.99. The first-order chi connectivity index (χ1) is 8.19. The molecule has 92 valence electrons. The fourth-order valence-electron chi connectivity index (χ4n) is 2.06. The summed E-state index contributed by atoms with van der Waals surface area (Å²) in [6, 6.07) is 5.99. The highest BCUT2D eigenvalue weighted by molar-refractivity contribution is 5.72. The number of rotatable bonds is 3. The van der Waals surface area contributed by atoms with Crippen molar-refractivity contribution in [3.05, 3.63) is 29.3 Å². The second kappa shape index (κ2) is 5.21. The normalized spacial score (nSPS) is 18.1. The summed E-state index contributed by atoms with van der Waals surface area (Å²) in [4.78, 5) is 11.4. The number of fused-ring (bicyclic) bond motifs is 1. The molecule has 1 heterocycles. The molecule has 3 nitrogen and oxygen atoms in total. The average molecular weight is 234 g/mol. The lowest BCUT2D eigenvalue weighted by atomic mass is 9.97. The van der Waals surface area contributed by atoms with Gasteiger partial charge in [-0.1, -0.05) is 19.1 Å². The van der Waals surface area contributed by atoms with Gasteiger partial charge in [0.05, 0.1) is 19.6 Å². The Kier molecular flexibility index (Phi) is 3.67. The van der Waals surface area contributed by atoms with Gasteiger partial charge in [0.2, 0.25) is 0 Å². The third-order valence-electron chi connectivity index (χ3n) is 2.88. The first-order valence-electron chi connectivity index (χ1n) is 6.09. The molecule has 3 heteroatoms. The van der Waals surface area contributed by atoms with Crippen LogP contribution in [0.4, 0.5) is 0 Å². The first-order valence-corrected chi connectivity index (χ1v) is 6.09. The van der Waals surface area contributed by atoms with Crippen LogP contribution in [0, 0.1) is 5.92 Å². The predicted octanol–water partition coefficient (Wildman–Crippen LogP) is 2.36.